The number of hydrogen-bond acceptors (Lipinski definition) is 6. The number of hydrazine groups is 1. The third-order valence-corrected chi connectivity index (χ3v) is 6.01. The predicted molar refractivity (Wildman–Crippen MR) is 125 cm³/mol. The molecule has 32 heavy (non-hydrogen) atoms. The molecule has 2 aromatic carbocycles. The Hall–Kier alpha value is -3.15. The number of sulfonamides is 1. The maximum absolute atomic E-state index is 12.3. The van der Waals surface area contributed by atoms with E-state index >= 15 is 0 Å². The summed E-state index contributed by atoms with van der Waals surface area (Å²) in [5, 5.41) is 0. The van der Waals surface area contributed by atoms with Crippen LogP contribution in [0, 0.1) is 0 Å². The zero-order valence-corrected chi connectivity index (χ0v) is 19.5. The number of fused-ring (bicyclic) bond motifs is 1. The van der Waals surface area contributed by atoms with Crippen LogP contribution in [0.1, 0.15) is 11.1 Å². The Morgan fingerprint density at radius 3 is 2.59 bits per heavy atom. The van der Waals surface area contributed by atoms with Gasteiger partial charge in [-0.2, -0.15) is 0 Å². The van der Waals surface area contributed by atoms with Gasteiger partial charge < -0.3 is 15.1 Å². The molecule has 4 rings (SSSR count). The lowest BCUT2D eigenvalue weighted by molar-refractivity contribution is 0.413. The molecule has 0 bridgehead atoms. The van der Waals surface area contributed by atoms with Gasteiger partial charge in [0.05, 0.1) is 29.2 Å². The summed E-state index contributed by atoms with van der Waals surface area (Å²) >= 11 is 3.47. The lowest BCUT2D eigenvalue weighted by Crippen LogP contribution is -2.34. The van der Waals surface area contributed by atoms with Gasteiger partial charge in [-0.15, -0.1) is 4.83 Å². The number of nitrogens with one attached hydrogen (secondary N) is 3. The van der Waals surface area contributed by atoms with Crippen molar-refractivity contribution in [3.8, 4) is 22.6 Å². The monoisotopic (exact) mass is 518 g/mol. The number of H-pyrrole nitrogens is 1. The van der Waals surface area contributed by atoms with E-state index in [1.165, 1.54) is 12.3 Å². The van der Waals surface area contributed by atoms with E-state index in [1.54, 1.807) is 19.2 Å². The molecule has 0 spiro atoms. The van der Waals surface area contributed by atoms with Crippen molar-refractivity contribution < 1.29 is 13.2 Å². The van der Waals surface area contributed by atoms with Crippen LogP contribution in [0.3, 0.4) is 0 Å². The van der Waals surface area contributed by atoms with Crippen LogP contribution in [0.25, 0.3) is 22.5 Å². The minimum absolute atomic E-state index is 0.387. The number of benzene rings is 2. The number of methoxy groups -OCH3 is 1. The molecule has 1 aliphatic rings. The van der Waals surface area contributed by atoms with Crippen LogP contribution in [0.5, 0.6) is 5.75 Å². The molecule has 3 aromatic rings. The molecule has 1 aliphatic carbocycles. The molecule has 11 heteroatoms. The van der Waals surface area contributed by atoms with E-state index < -0.39 is 21.3 Å². The molecule has 0 amide bonds. The van der Waals surface area contributed by atoms with Crippen LogP contribution in [0.2, 0.25) is 0 Å². The average molecular weight is 519 g/mol. The first-order valence-electron chi connectivity index (χ1n) is 9.43. The van der Waals surface area contributed by atoms with Gasteiger partial charge in [-0.05, 0) is 45.6 Å². The number of aromatic nitrogens is 2. The topological polar surface area (TPSA) is 122 Å². The first kappa shape index (κ1) is 22.1. The standard InChI is InChI=1S/C21H19BrN4O5S/c1-31-20-16(10-14(11-17(20)22)26-19(27)7-8-23-21(26)28)13-3-5-15-12(9-13)4-6-18(15)24-25-32(2,29)30/h3,5-11,24-25H,4H2,1-2H3,(H,23,28). The normalized spacial score (nSPS) is 12.9. The molecule has 0 saturated carbocycles. The van der Waals surface area contributed by atoms with Crippen molar-refractivity contribution in [1.29, 1.82) is 0 Å². The molecule has 0 atom stereocenters. The van der Waals surface area contributed by atoms with Crippen molar-refractivity contribution in [2.75, 3.05) is 13.4 Å². The highest BCUT2D eigenvalue weighted by Crippen LogP contribution is 2.40. The van der Waals surface area contributed by atoms with Crippen LogP contribution in [0.4, 0.5) is 0 Å². The molecule has 3 N–H and O–H groups in total. The van der Waals surface area contributed by atoms with E-state index in [-0.39, 0.29) is 0 Å². The Labute approximate surface area is 191 Å². The van der Waals surface area contributed by atoms with Gasteiger partial charge in [0, 0.05) is 23.4 Å². The maximum atomic E-state index is 12.3. The summed E-state index contributed by atoms with van der Waals surface area (Å²) in [6, 6.07) is 10.3. The summed E-state index contributed by atoms with van der Waals surface area (Å²) in [7, 11) is -1.86. The summed E-state index contributed by atoms with van der Waals surface area (Å²) in [5.41, 5.74) is 6.13. The van der Waals surface area contributed by atoms with Crippen molar-refractivity contribution in [3.63, 3.8) is 0 Å². The van der Waals surface area contributed by atoms with Crippen molar-refractivity contribution >= 4 is 31.7 Å². The zero-order chi connectivity index (χ0) is 23.0. The molecular weight excluding hydrogens is 500 g/mol. The van der Waals surface area contributed by atoms with Gasteiger partial charge in [-0.1, -0.05) is 24.3 Å². The minimum Gasteiger partial charge on any atom is -0.495 e. The first-order valence-corrected chi connectivity index (χ1v) is 12.1. The van der Waals surface area contributed by atoms with Crippen molar-refractivity contribution in [1.82, 2.24) is 19.8 Å². The summed E-state index contributed by atoms with van der Waals surface area (Å²) in [5.74, 6) is 0.553. The van der Waals surface area contributed by atoms with Gasteiger partial charge in [0.15, 0.2) is 0 Å². The molecule has 1 aromatic heterocycles. The molecular formula is C21H19BrN4O5S. The second-order valence-electron chi connectivity index (χ2n) is 7.16. The van der Waals surface area contributed by atoms with E-state index in [9.17, 15) is 18.0 Å². The fourth-order valence-electron chi connectivity index (χ4n) is 3.58. The van der Waals surface area contributed by atoms with Crippen LogP contribution in [-0.4, -0.2) is 31.3 Å². The van der Waals surface area contributed by atoms with Gasteiger partial charge in [0.2, 0.25) is 10.0 Å². The minimum atomic E-state index is -3.40. The number of nitrogens with zero attached hydrogens (tertiary/aromatic N) is 1. The largest absolute Gasteiger partial charge is 0.495 e. The second kappa shape index (κ2) is 8.41. The summed E-state index contributed by atoms with van der Waals surface area (Å²) in [4.78, 5) is 29.4. The second-order valence-corrected chi connectivity index (χ2v) is 9.76. The van der Waals surface area contributed by atoms with Gasteiger partial charge in [0.25, 0.3) is 5.56 Å². The third-order valence-electron chi connectivity index (χ3n) is 4.95. The van der Waals surface area contributed by atoms with Crippen LogP contribution in [-0.2, 0) is 16.4 Å². The average Bonchev–Trinajstić information content (AvgIpc) is 3.13. The third kappa shape index (κ3) is 4.27. The molecule has 1 heterocycles. The Morgan fingerprint density at radius 2 is 1.91 bits per heavy atom. The number of halogens is 1. The molecule has 0 radical (unpaired) electrons. The quantitative estimate of drug-likeness (QED) is 0.428. The maximum Gasteiger partial charge on any atom is 0.332 e. The van der Waals surface area contributed by atoms with E-state index in [0.717, 1.165) is 27.5 Å². The lowest BCUT2D eigenvalue weighted by atomic mass is 9.98. The van der Waals surface area contributed by atoms with E-state index in [1.807, 2.05) is 24.3 Å². The Morgan fingerprint density at radius 1 is 1.12 bits per heavy atom. The number of hydrogen-bond donors (Lipinski definition) is 3. The molecule has 0 unspecified atom stereocenters. The van der Waals surface area contributed by atoms with E-state index in [4.69, 9.17) is 4.74 Å². The van der Waals surface area contributed by atoms with Crippen molar-refractivity contribution in [2.24, 2.45) is 0 Å². The van der Waals surface area contributed by atoms with Gasteiger partial charge in [-0.25, -0.2) is 17.8 Å². The summed E-state index contributed by atoms with van der Waals surface area (Å²) < 4.78 is 29.9. The molecule has 9 nitrogen and oxygen atoms in total. The highest BCUT2D eigenvalue weighted by atomic mass is 79.9. The number of allylic oxidation sites excluding steroid dienone is 1. The number of ether oxygens (including phenoxy) is 1. The van der Waals surface area contributed by atoms with E-state index in [2.05, 4.69) is 31.2 Å². The molecule has 0 fully saturated rings. The van der Waals surface area contributed by atoms with Crippen molar-refractivity contribution in [2.45, 2.75) is 6.42 Å². The summed E-state index contributed by atoms with van der Waals surface area (Å²) in [6.07, 6.45) is 4.87. The number of aromatic amines is 1. The number of rotatable bonds is 6. The van der Waals surface area contributed by atoms with Gasteiger partial charge >= 0.3 is 5.69 Å². The highest BCUT2D eigenvalue weighted by molar-refractivity contribution is 9.10. The smallest absolute Gasteiger partial charge is 0.332 e. The van der Waals surface area contributed by atoms with Gasteiger partial charge in [0.1, 0.15) is 5.75 Å². The Bertz CT molecular complexity index is 1450. The van der Waals surface area contributed by atoms with Crippen molar-refractivity contribution in [3.05, 3.63) is 85.1 Å². The SMILES string of the molecule is COc1c(Br)cc(-n2c(=O)cc[nH]c2=O)cc1-c1ccc2c(c1)CC=C2NNS(C)(=O)=O. The zero-order valence-electron chi connectivity index (χ0n) is 17.1. The summed E-state index contributed by atoms with van der Waals surface area (Å²) in [6.45, 7) is 0. The van der Waals surface area contributed by atoms with Crippen LogP contribution in [0.15, 0.2) is 62.7 Å². The Kier molecular flexibility index (Phi) is 5.80. The van der Waals surface area contributed by atoms with Crippen LogP contribution >= 0.6 is 15.9 Å². The fourth-order valence-corrected chi connectivity index (χ4v) is 4.48. The molecule has 0 aliphatic heterocycles. The molecule has 0 saturated heterocycles. The fraction of sp³-hybridized carbons (Fsp3) is 0.143. The van der Waals surface area contributed by atoms with E-state index in [0.29, 0.717) is 33.6 Å². The first-order chi connectivity index (χ1) is 15.2. The Balaban J connectivity index is 1.79. The van der Waals surface area contributed by atoms with Gasteiger partial charge in [-0.3, -0.25) is 4.79 Å². The molecule has 166 valence electrons. The van der Waals surface area contributed by atoms with Crippen LogP contribution < -0.4 is 26.2 Å². The lowest BCUT2D eigenvalue weighted by Gasteiger charge is -2.15. The predicted octanol–water partition coefficient (Wildman–Crippen LogP) is 1.91. The highest BCUT2D eigenvalue weighted by Gasteiger charge is 2.19.